The van der Waals surface area contributed by atoms with Crippen LogP contribution in [0, 0.1) is 0 Å². The average Bonchev–Trinajstić information content (AvgIpc) is 2.91. The van der Waals surface area contributed by atoms with Gasteiger partial charge >= 0.3 is 0 Å². The van der Waals surface area contributed by atoms with Crippen LogP contribution in [0.1, 0.15) is 25.0 Å². The van der Waals surface area contributed by atoms with Crippen LogP contribution in [-0.4, -0.2) is 20.1 Å². The molecule has 2 aromatic carbocycles. The van der Waals surface area contributed by atoms with Crippen LogP contribution in [-0.2, 0) is 11.3 Å². The molecular weight excluding hydrogens is 326 g/mol. The number of carbonyl (C=O) groups is 1. The molecule has 26 heavy (non-hydrogen) atoms. The van der Waals surface area contributed by atoms with Gasteiger partial charge < -0.3 is 14.4 Å². The summed E-state index contributed by atoms with van der Waals surface area (Å²) in [6.07, 6.45) is 3.87. The molecule has 1 heterocycles. The van der Waals surface area contributed by atoms with Gasteiger partial charge in [-0.2, -0.15) is 0 Å². The standard InChI is InChI=1S/C22H23NO3/c1-15(2)5-11-20-19-12-10-18(26-4)13-21(19)23(22(20)24)14-16-6-8-17(25-3)9-7-16/h5-13H,14H2,1-4H3/b20-11+. The van der Waals surface area contributed by atoms with Crippen molar-refractivity contribution in [2.75, 3.05) is 19.1 Å². The predicted molar refractivity (Wildman–Crippen MR) is 105 cm³/mol. The number of ether oxygens (including phenoxy) is 2. The zero-order valence-electron chi connectivity index (χ0n) is 15.6. The highest BCUT2D eigenvalue weighted by Gasteiger charge is 2.32. The van der Waals surface area contributed by atoms with Crippen molar-refractivity contribution in [3.8, 4) is 11.5 Å². The van der Waals surface area contributed by atoms with Gasteiger partial charge in [0.05, 0.1) is 26.5 Å². The summed E-state index contributed by atoms with van der Waals surface area (Å²) in [5.74, 6) is 1.54. The topological polar surface area (TPSA) is 38.8 Å². The molecule has 0 unspecified atom stereocenters. The number of fused-ring (bicyclic) bond motifs is 1. The largest absolute Gasteiger partial charge is 0.497 e. The number of benzene rings is 2. The smallest absolute Gasteiger partial charge is 0.259 e. The number of methoxy groups -OCH3 is 2. The molecule has 0 spiro atoms. The van der Waals surface area contributed by atoms with Crippen LogP contribution >= 0.6 is 0 Å². The molecule has 3 rings (SSSR count). The van der Waals surface area contributed by atoms with E-state index in [0.29, 0.717) is 12.1 Å². The minimum atomic E-state index is 0.00145. The maximum Gasteiger partial charge on any atom is 0.259 e. The first-order valence-corrected chi connectivity index (χ1v) is 8.52. The van der Waals surface area contributed by atoms with E-state index in [1.807, 2.05) is 68.5 Å². The summed E-state index contributed by atoms with van der Waals surface area (Å²) in [7, 11) is 3.27. The van der Waals surface area contributed by atoms with Crippen molar-refractivity contribution in [1.29, 1.82) is 0 Å². The van der Waals surface area contributed by atoms with Gasteiger partial charge in [0.1, 0.15) is 11.5 Å². The molecule has 4 heteroatoms. The van der Waals surface area contributed by atoms with E-state index in [1.54, 1.807) is 19.1 Å². The fourth-order valence-electron chi connectivity index (χ4n) is 2.94. The maximum absolute atomic E-state index is 13.1. The Morgan fingerprint density at radius 1 is 1.00 bits per heavy atom. The van der Waals surface area contributed by atoms with Crippen LogP contribution in [0.15, 0.2) is 60.2 Å². The molecule has 1 aliphatic rings. The van der Waals surface area contributed by atoms with E-state index in [-0.39, 0.29) is 5.91 Å². The Morgan fingerprint density at radius 3 is 2.27 bits per heavy atom. The lowest BCUT2D eigenvalue weighted by Gasteiger charge is -2.18. The molecule has 0 saturated carbocycles. The molecule has 1 aliphatic heterocycles. The van der Waals surface area contributed by atoms with Gasteiger partial charge in [-0.05, 0) is 49.8 Å². The molecular formula is C22H23NO3. The molecule has 134 valence electrons. The second-order valence-electron chi connectivity index (χ2n) is 6.45. The van der Waals surface area contributed by atoms with E-state index in [1.165, 1.54) is 0 Å². The minimum Gasteiger partial charge on any atom is -0.497 e. The second kappa shape index (κ2) is 7.48. The summed E-state index contributed by atoms with van der Waals surface area (Å²) < 4.78 is 10.6. The Kier molecular flexibility index (Phi) is 5.12. The van der Waals surface area contributed by atoms with E-state index in [2.05, 4.69) is 0 Å². The van der Waals surface area contributed by atoms with Crippen molar-refractivity contribution < 1.29 is 14.3 Å². The van der Waals surface area contributed by atoms with E-state index in [4.69, 9.17) is 9.47 Å². The molecule has 2 aromatic rings. The van der Waals surface area contributed by atoms with Crippen molar-refractivity contribution in [3.63, 3.8) is 0 Å². The highest BCUT2D eigenvalue weighted by atomic mass is 16.5. The summed E-state index contributed by atoms with van der Waals surface area (Å²) in [5, 5.41) is 0. The van der Waals surface area contributed by atoms with Crippen LogP contribution in [0.3, 0.4) is 0 Å². The predicted octanol–water partition coefficient (Wildman–Crippen LogP) is 4.60. The van der Waals surface area contributed by atoms with Crippen molar-refractivity contribution in [2.24, 2.45) is 0 Å². The Bertz CT molecular complexity index is 875. The first-order chi connectivity index (χ1) is 12.5. The number of rotatable bonds is 5. The van der Waals surface area contributed by atoms with E-state index in [0.717, 1.165) is 33.9 Å². The van der Waals surface area contributed by atoms with Crippen molar-refractivity contribution >= 4 is 17.2 Å². The third-order valence-corrected chi connectivity index (χ3v) is 4.34. The third kappa shape index (κ3) is 3.49. The number of hydrogen-bond acceptors (Lipinski definition) is 3. The van der Waals surface area contributed by atoms with Crippen molar-refractivity contribution in [2.45, 2.75) is 20.4 Å². The van der Waals surface area contributed by atoms with E-state index < -0.39 is 0 Å². The van der Waals surface area contributed by atoms with Gasteiger partial charge in [-0.3, -0.25) is 4.79 Å². The van der Waals surface area contributed by atoms with Gasteiger partial charge in [-0.1, -0.05) is 23.8 Å². The van der Waals surface area contributed by atoms with Gasteiger partial charge in [0.25, 0.3) is 5.91 Å². The number of hydrogen-bond donors (Lipinski definition) is 0. The van der Waals surface area contributed by atoms with Crippen molar-refractivity contribution in [1.82, 2.24) is 0 Å². The van der Waals surface area contributed by atoms with E-state index in [9.17, 15) is 4.79 Å². The quantitative estimate of drug-likeness (QED) is 0.741. The molecule has 0 atom stereocenters. The van der Waals surface area contributed by atoms with Gasteiger partial charge in [0.2, 0.25) is 0 Å². The van der Waals surface area contributed by atoms with Crippen LogP contribution in [0.5, 0.6) is 11.5 Å². The molecule has 0 bridgehead atoms. The lowest BCUT2D eigenvalue weighted by Crippen LogP contribution is -2.25. The summed E-state index contributed by atoms with van der Waals surface area (Å²) in [4.78, 5) is 14.9. The Balaban J connectivity index is 2.00. The molecule has 0 radical (unpaired) electrons. The first kappa shape index (κ1) is 17.8. The van der Waals surface area contributed by atoms with Crippen LogP contribution in [0.4, 0.5) is 5.69 Å². The van der Waals surface area contributed by atoms with E-state index >= 15 is 0 Å². The Labute approximate surface area is 154 Å². The Hall–Kier alpha value is -3.01. The molecule has 0 aliphatic carbocycles. The summed E-state index contributed by atoms with van der Waals surface area (Å²) in [5.41, 5.74) is 4.70. The molecule has 0 N–H and O–H groups in total. The third-order valence-electron chi connectivity index (χ3n) is 4.34. The maximum atomic E-state index is 13.1. The number of carbonyl (C=O) groups excluding carboxylic acids is 1. The van der Waals surface area contributed by atoms with Crippen LogP contribution < -0.4 is 14.4 Å². The lowest BCUT2D eigenvalue weighted by molar-refractivity contribution is -0.113. The van der Waals surface area contributed by atoms with Gasteiger partial charge in [0, 0.05) is 17.2 Å². The van der Waals surface area contributed by atoms with Crippen LogP contribution in [0.2, 0.25) is 0 Å². The number of allylic oxidation sites excluding steroid dienone is 3. The minimum absolute atomic E-state index is 0.00145. The van der Waals surface area contributed by atoms with Gasteiger partial charge in [-0.15, -0.1) is 0 Å². The average molecular weight is 349 g/mol. The fourth-order valence-corrected chi connectivity index (χ4v) is 2.94. The van der Waals surface area contributed by atoms with Gasteiger partial charge in [-0.25, -0.2) is 0 Å². The zero-order chi connectivity index (χ0) is 18.7. The molecule has 1 amide bonds. The summed E-state index contributed by atoms with van der Waals surface area (Å²) in [6, 6.07) is 13.5. The number of anilines is 1. The molecule has 0 aromatic heterocycles. The highest BCUT2D eigenvalue weighted by molar-refractivity contribution is 6.32. The molecule has 4 nitrogen and oxygen atoms in total. The second-order valence-corrected chi connectivity index (χ2v) is 6.45. The SMILES string of the molecule is COc1ccc(CN2C(=O)/C(=C/C=C(C)C)c3ccc(OC)cc32)cc1. The van der Waals surface area contributed by atoms with Crippen LogP contribution in [0.25, 0.3) is 5.57 Å². The number of nitrogens with zero attached hydrogens (tertiary/aromatic N) is 1. The fraction of sp³-hybridized carbons (Fsp3) is 0.227. The number of amides is 1. The highest BCUT2D eigenvalue weighted by Crippen LogP contribution is 2.40. The zero-order valence-corrected chi connectivity index (χ0v) is 15.6. The molecule has 0 saturated heterocycles. The normalized spacial score (nSPS) is 14.4. The Morgan fingerprint density at radius 2 is 1.65 bits per heavy atom. The first-order valence-electron chi connectivity index (χ1n) is 8.52. The van der Waals surface area contributed by atoms with Gasteiger partial charge in [0.15, 0.2) is 0 Å². The monoisotopic (exact) mass is 349 g/mol. The lowest BCUT2D eigenvalue weighted by atomic mass is 10.1. The summed E-state index contributed by atoms with van der Waals surface area (Å²) in [6.45, 7) is 4.52. The van der Waals surface area contributed by atoms with Crippen molar-refractivity contribution in [3.05, 3.63) is 71.3 Å². The summed E-state index contributed by atoms with van der Waals surface area (Å²) >= 11 is 0. The molecule has 0 fully saturated rings.